The van der Waals surface area contributed by atoms with Crippen molar-refractivity contribution in [3.8, 4) is 11.3 Å². The molecule has 0 amide bonds. The molecule has 0 aliphatic heterocycles. The van der Waals surface area contributed by atoms with Gasteiger partial charge in [0.25, 0.3) is 0 Å². The zero-order valence-corrected chi connectivity index (χ0v) is 15.3. The van der Waals surface area contributed by atoms with Gasteiger partial charge in [0.2, 0.25) is 0 Å². The average molecular weight is 339 g/mol. The van der Waals surface area contributed by atoms with Gasteiger partial charge < -0.3 is 4.42 Å². The summed E-state index contributed by atoms with van der Waals surface area (Å²) in [5.41, 5.74) is 6.54. The summed E-state index contributed by atoms with van der Waals surface area (Å²) in [5, 5.41) is 1.97. The van der Waals surface area contributed by atoms with Crippen LogP contribution in [0.15, 0.2) is 82.2 Å². The van der Waals surface area contributed by atoms with Crippen LogP contribution < -0.4 is 5.36 Å². The topological polar surface area (TPSA) is 25.5 Å². The zero-order chi connectivity index (χ0) is 18.1. The van der Waals surface area contributed by atoms with Crippen LogP contribution in [0.1, 0.15) is 16.7 Å². The van der Waals surface area contributed by atoms with Gasteiger partial charge in [0.1, 0.15) is 11.3 Å². The first-order valence-corrected chi connectivity index (χ1v) is 8.83. The fourth-order valence-electron chi connectivity index (χ4n) is 3.11. The average Bonchev–Trinajstić information content (AvgIpc) is 2.66. The van der Waals surface area contributed by atoms with Gasteiger partial charge in [-0.3, -0.25) is 0 Å². The Balaban J connectivity index is 2.04. The Bertz CT molecular complexity index is 1150. The van der Waals surface area contributed by atoms with E-state index in [1.165, 1.54) is 16.7 Å². The zero-order valence-electron chi connectivity index (χ0n) is 15.3. The number of rotatable bonds is 2. The second-order valence-corrected chi connectivity index (χ2v) is 6.69. The van der Waals surface area contributed by atoms with E-state index in [-0.39, 0.29) is 0 Å². The molecular formula is C24H21NO. The van der Waals surface area contributed by atoms with Crippen molar-refractivity contribution in [3.05, 3.63) is 94.8 Å². The lowest BCUT2D eigenvalue weighted by Crippen LogP contribution is -2.04. The summed E-state index contributed by atoms with van der Waals surface area (Å²) < 4.78 is 6.18. The molecule has 0 bridgehead atoms. The van der Waals surface area contributed by atoms with E-state index in [1.54, 1.807) is 0 Å². The molecule has 2 heteroatoms. The third kappa shape index (κ3) is 3.06. The van der Waals surface area contributed by atoms with Gasteiger partial charge in [0, 0.05) is 17.0 Å². The number of aryl methyl sites for hydroxylation is 2. The quantitative estimate of drug-likeness (QED) is 0.423. The lowest BCUT2D eigenvalue weighted by Gasteiger charge is -2.07. The van der Waals surface area contributed by atoms with E-state index in [1.807, 2.05) is 30.3 Å². The van der Waals surface area contributed by atoms with Crippen molar-refractivity contribution >= 4 is 16.7 Å². The van der Waals surface area contributed by atoms with Crippen LogP contribution in [0.2, 0.25) is 0 Å². The van der Waals surface area contributed by atoms with E-state index in [0.717, 1.165) is 33.3 Å². The summed E-state index contributed by atoms with van der Waals surface area (Å²) in [4.78, 5) is 5.00. The van der Waals surface area contributed by atoms with Crippen LogP contribution >= 0.6 is 0 Å². The summed E-state index contributed by atoms with van der Waals surface area (Å²) >= 11 is 0. The molecule has 26 heavy (non-hydrogen) atoms. The minimum atomic E-state index is 0.825. The van der Waals surface area contributed by atoms with Crippen molar-refractivity contribution in [1.29, 1.82) is 0 Å². The Morgan fingerprint density at radius 3 is 2.38 bits per heavy atom. The van der Waals surface area contributed by atoms with Gasteiger partial charge in [-0.2, -0.15) is 0 Å². The van der Waals surface area contributed by atoms with Crippen LogP contribution in [-0.4, -0.2) is 0 Å². The molecule has 4 rings (SSSR count). The SMILES string of the molecule is Cc1ccc2oc(-c3ccccc3)cc(=Nc3cccc(C)c3C)c2c1. The van der Waals surface area contributed by atoms with Crippen molar-refractivity contribution in [2.24, 2.45) is 4.99 Å². The molecule has 3 aromatic carbocycles. The van der Waals surface area contributed by atoms with Gasteiger partial charge in [-0.05, 0) is 50.1 Å². The van der Waals surface area contributed by atoms with Crippen LogP contribution in [0.4, 0.5) is 5.69 Å². The van der Waals surface area contributed by atoms with E-state index in [4.69, 9.17) is 9.41 Å². The second-order valence-electron chi connectivity index (χ2n) is 6.69. The Labute approximate surface area is 153 Å². The van der Waals surface area contributed by atoms with Gasteiger partial charge in [0.05, 0.1) is 11.0 Å². The molecule has 128 valence electrons. The van der Waals surface area contributed by atoms with E-state index in [0.29, 0.717) is 0 Å². The van der Waals surface area contributed by atoms with Crippen LogP contribution in [-0.2, 0) is 0 Å². The minimum absolute atomic E-state index is 0.825. The Morgan fingerprint density at radius 2 is 1.58 bits per heavy atom. The highest BCUT2D eigenvalue weighted by Gasteiger charge is 2.07. The Morgan fingerprint density at radius 1 is 0.769 bits per heavy atom. The molecule has 0 fully saturated rings. The molecule has 0 unspecified atom stereocenters. The van der Waals surface area contributed by atoms with Gasteiger partial charge in [-0.15, -0.1) is 0 Å². The second kappa shape index (κ2) is 6.64. The van der Waals surface area contributed by atoms with Gasteiger partial charge >= 0.3 is 0 Å². The maximum Gasteiger partial charge on any atom is 0.136 e. The lowest BCUT2D eigenvalue weighted by molar-refractivity contribution is 0.618. The first-order valence-electron chi connectivity index (χ1n) is 8.83. The molecule has 1 heterocycles. The van der Waals surface area contributed by atoms with Gasteiger partial charge in [-0.1, -0.05) is 54.1 Å². The van der Waals surface area contributed by atoms with E-state index in [2.05, 4.69) is 63.2 Å². The summed E-state index contributed by atoms with van der Waals surface area (Å²) in [6.07, 6.45) is 0. The molecule has 0 aliphatic carbocycles. The number of fused-ring (bicyclic) bond motifs is 1. The van der Waals surface area contributed by atoms with Crippen molar-refractivity contribution in [2.75, 3.05) is 0 Å². The molecule has 0 saturated heterocycles. The van der Waals surface area contributed by atoms with Crippen molar-refractivity contribution in [2.45, 2.75) is 20.8 Å². The maximum absolute atomic E-state index is 6.18. The fourth-order valence-corrected chi connectivity index (χ4v) is 3.11. The van der Waals surface area contributed by atoms with Crippen LogP contribution in [0, 0.1) is 20.8 Å². The highest BCUT2D eigenvalue weighted by atomic mass is 16.3. The summed E-state index contributed by atoms with van der Waals surface area (Å²) in [7, 11) is 0. The van der Waals surface area contributed by atoms with E-state index in [9.17, 15) is 0 Å². The molecule has 0 N–H and O–H groups in total. The molecule has 0 spiro atoms. The number of hydrogen-bond acceptors (Lipinski definition) is 2. The number of benzene rings is 3. The normalized spacial score (nSPS) is 11.9. The van der Waals surface area contributed by atoms with Crippen molar-refractivity contribution < 1.29 is 4.42 Å². The van der Waals surface area contributed by atoms with E-state index < -0.39 is 0 Å². The summed E-state index contributed by atoms with van der Waals surface area (Å²) in [5.74, 6) is 0.825. The molecule has 0 radical (unpaired) electrons. The molecule has 0 atom stereocenters. The molecule has 4 aromatic rings. The lowest BCUT2D eigenvalue weighted by atomic mass is 10.1. The van der Waals surface area contributed by atoms with Crippen LogP contribution in [0.3, 0.4) is 0 Å². The molecular weight excluding hydrogens is 318 g/mol. The van der Waals surface area contributed by atoms with Crippen molar-refractivity contribution in [3.63, 3.8) is 0 Å². The molecule has 0 aliphatic rings. The minimum Gasteiger partial charge on any atom is -0.456 e. The van der Waals surface area contributed by atoms with Crippen molar-refractivity contribution in [1.82, 2.24) is 0 Å². The van der Waals surface area contributed by atoms with Crippen LogP contribution in [0.25, 0.3) is 22.3 Å². The predicted molar refractivity (Wildman–Crippen MR) is 108 cm³/mol. The van der Waals surface area contributed by atoms with Gasteiger partial charge in [-0.25, -0.2) is 4.99 Å². The van der Waals surface area contributed by atoms with E-state index >= 15 is 0 Å². The number of nitrogens with zero attached hydrogens (tertiary/aromatic N) is 1. The van der Waals surface area contributed by atoms with Crippen LogP contribution in [0.5, 0.6) is 0 Å². The first kappa shape index (κ1) is 16.3. The monoisotopic (exact) mass is 339 g/mol. The molecule has 1 aromatic heterocycles. The molecule has 0 saturated carbocycles. The smallest absolute Gasteiger partial charge is 0.136 e. The highest BCUT2D eigenvalue weighted by Crippen LogP contribution is 2.25. The standard InChI is InChI=1S/C24H21NO/c1-16-12-13-23-20(14-16)22(25-21-11-7-8-17(2)18(21)3)15-24(26-23)19-9-5-4-6-10-19/h4-15H,1-3H3. The molecule has 2 nitrogen and oxygen atoms in total. The fraction of sp³-hybridized carbons (Fsp3) is 0.125. The largest absolute Gasteiger partial charge is 0.456 e. The maximum atomic E-state index is 6.18. The summed E-state index contributed by atoms with van der Waals surface area (Å²) in [6.45, 7) is 6.33. The predicted octanol–water partition coefficient (Wildman–Crippen LogP) is 6.26. The third-order valence-corrected chi connectivity index (χ3v) is 4.77. The summed E-state index contributed by atoms with van der Waals surface area (Å²) in [6, 6.07) is 24.7. The van der Waals surface area contributed by atoms with Gasteiger partial charge in [0.15, 0.2) is 0 Å². The Hall–Kier alpha value is -3.13. The Kier molecular flexibility index (Phi) is 4.18. The third-order valence-electron chi connectivity index (χ3n) is 4.77. The first-order chi connectivity index (χ1) is 12.6. The number of hydrogen-bond donors (Lipinski definition) is 0. The highest BCUT2D eigenvalue weighted by molar-refractivity contribution is 5.79.